The fourth-order valence-electron chi connectivity index (χ4n) is 3.21. The predicted molar refractivity (Wildman–Crippen MR) is 118 cm³/mol. The molecule has 2 aromatic carbocycles. The van der Waals surface area contributed by atoms with Crippen molar-refractivity contribution in [2.75, 3.05) is 18.0 Å². The normalized spacial score (nSPS) is 15.0. The van der Waals surface area contributed by atoms with E-state index in [9.17, 15) is 8.42 Å². The number of oxazole rings is 1. The van der Waals surface area contributed by atoms with E-state index in [2.05, 4.69) is 27.6 Å². The van der Waals surface area contributed by atoms with E-state index in [0.717, 1.165) is 41.5 Å². The molecule has 1 aliphatic rings. The minimum absolute atomic E-state index is 0.0368. The second-order valence-corrected chi connectivity index (χ2v) is 10.2. The Balaban J connectivity index is 1.84. The summed E-state index contributed by atoms with van der Waals surface area (Å²) in [5, 5.41) is 0.445. The van der Waals surface area contributed by atoms with Gasteiger partial charge in [0.15, 0.2) is 0 Å². The molecule has 5 nitrogen and oxygen atoms in total. The van der Waals surface area contributed by atoms with Gasteiger partial charge in [-0.05, 0) is 90.4 Å². The minimum Gasteiger partial charge on any atom is -0.419 e. The van der Waals surface area contributed by atoms with E-state index in [1.807, 2.05) is 29.2 Å². The van der Waals surface area contributed by atoms with Crippen molar-refractivity contribution in [3.63, 3.8) is 0 Å². The van der Waals surface area contributed by atoms with Crippen molar-refractivity contribution in [2.24, 2.45) is 0 Å². The van der Waals surface area contributed by atoms with Gasteiger partial charge >= 0.3 is 0 Å². The number of nitrogens with zero attached hydrogens (tertiary/aromatic N) is 2. The molecule has 1 fully saturated rings. The lowest BCUT2D eigenvalue weighted by Crippen LogP contribution is -2.30. The zero-order valence-corrected chi connectivity index (χ0v) is 18.7. The average molecular weight is 529 g/mol. The molecule has 0 bridgehead atoms. The van der Waals surface area contributed by atoms with E-state index in [-0.39, 0.29) is 9.92 Å². The molecule has 0 aliphatic carbocycles. The molecule has 3 aromatic rings. The zero-order valence-electron chi connectivity index (χ0n) is 14.9. The summed E-state index contributed by atoms with van der Waals surface area (Å²) in [6.45, 7) is 1.51. The number of benzene rings is 2. The number of aromatic nitrogens is 1. The summed E-state index contributed by atoms with van der Waals surface area (Å²) in [4.78, 5) is 6.56. The fraction of sp³-hybridized carbons (Fsp3) is 0.250. The summed E-state index contributed by atoms with van der Waals surface area (Å²) < 4.78 is 33.7. The monoisotopic (exact) mass is 528 g/mol. The first-order valence-electron chi connectivity index (χ1n) is 8.97. The van der Waals surface area contributed by atoms with Crippen LogP contribution in [0.4, 0.5) is 5.88 Å². The first kappa shape index (κ1) is 19.7. The van der Waals surface area contributed by atoms with Gasteiger partial charge in [-0.2, -0.15) is 4.98 Å². The summed E-state index contributed by atoms with van der Waals surface area (Å²) in [5.41, 5.74) is 0.747. The Kier molecular flexibility index (Phi) is 5.66. The van der Waals surface area contributed by atoms with E-state index < -0.39 is 9.84 Å². The number of sulfone groups is 1. The Hall–Kier alpha value is -1.58. The predicted octanol–water partition coefficient (Wildman–Crippen LogP) is 5.42. The second kappa shape index (κ2) is 8.04. The van der Waals surface area contributed by atoms with Crippen LogP contribution in [0.2, 0.25) is 5.02 Å². The third-order valence-electron chi connectivity index (χ3n) is 4.69. The second-order valence-electron chi connectivity index (χ2n) is 6.64. The Morgan fingerprint density at radius 2 is 1.61 bits per heavy atom. The quantitative estimate of drug-likeness (QED) is 0.423. The van der Waals surface area contributed by atoms with Gasteiger partial charge in [0.05, 0.1) is 4.90 Å². The first-order chi connectivity index (χ1) is 13.4. The van der Waals surface area contributed by atoms with Crippen LogP contribution in [0.5, 0.6) is 0 Å². The molecule has 1 aliphatic heterocycles. The highest BCUT2D eigenvalue weighted by molar-refractivity contribution is 14.1. The first-order valence-corrected chi connectivity index (χ1v) is 11.9. The average Bonchev–Trinajstić information content (AvgIpc) is 3.16. The topological polar surface area (TPSA) is 63.4 Å². The van der Waals surface area contributed by atoms with Crippen molar-refractivity contribution >= 4 is 49.9 Å². The van der Waals surface area contributed by atoms with Crippen LogP contribution in [-0.4, -0.2) is 26.5 Å². The summed E-state index contributed by atoms with van der Waals surface area (Å²) in [5.74, 6) is 0.632. The van der Waals surface area contributed by atoms with Gasteiger partial charge in [-0.3, -0.25) is 0 Å². The van der Waals surface area contributed by atoms with Gasteiger partial charge in [-0.15, -0.1) is 0 Å². The molecule has 0 amide bonds. The standard InChI is InChI=1S/C20H18ClIN2O3S/c21-15-6-10-17(11-7-15)28(25,26)19-20(24-12-2-1-3-13-24)27-18(23-19)14-4-8-16(22)9-5-14/h4-11H,1-3,12-13H2. The number of halogens is 2. The zero-order chi connectivity index (χ0) is 19.7. The largest absolute Gasteiger partial charge is 0.419 e. The van der Waals surface area contributed by atoms with E-state index in [1.165, 1.54) is 12.1 Å². The van der Waals surface area contributed by atoms with Gasteiger partial charge in [0, 0.05) is 27.2 Å². The maximum atomic E-state index is 13.3. The van der Waals surface area contributed by atoms with Crippen LogP contribution in [0.3, 0.4) is 0 Å². The third-order valence-corrected chi connectivity index (χ3v) is 7.33. The molecular formula is C20H18ClIN2O3S. The summed E-state index contributed by atoms with van der Waals surface area (Å²) in [6.07, 6.45) is 3.13. The van der Waals surface area contributed by atoms with Gasteiger partial charge in [-0.25, -0.2) is 8.42 Å². The number of rotatable bonds is 4. The summed E-state index contributed by atoms with van der Waals surface area (Å²) >= 11 is 8.14. The van der Waals surface area contributed by atoms with Gasteiger partial charge in [-0.1, -0.05) is 11.6 Å². The smallest absolute Gasteiger partial charge is 0.236 e. The molecular weight excluding hydrogens is 511 g/mol. The number of anilines is 1. The van der Waals surface area contributed by atoms with E-state index in [0.29, 0.717) is 16.8 Å². The number of hydrogen-bond acceptors (Lipinski definition) is 5. The van der Waals surface area contributed by atoms with Crippen molar-refractivity contribution in [1.82, 2.24) is 4.98 Å². The molecule has 1 aromatic heterocycles. The van der Waals surface area contributed by atoms with E-state index >= 15 is 0 Å². The molecule has 0 N–H and O–H groups in total. The Morgan fingerprint density at radius 1 is 0.964 bits per heavy atom. The van der Waals surface area contributed by atoms with Crippen molar-refractivity contribution in [2.45, 2.75) is 29.2 Å². The summed E-state index contributed by atoms with van der Waals surface area (Å²) in [7, 11) is -3.84. The van der Waals surface area contributed by atoms with Gasteiger partial charge in [0.25, 0.3) is 0 Å². The van der Waals surface area contributed by atoms with Crippen molar-refractivity contribution < 1.29 is 12.8 Å². The Morgan fingerprint density at radius 3 is 2.25 bits per heavy atom. The van der Waals surface area contributed by atoms with Crippen LogP contribution in [0.1, 0.15) is 19.3 Å². The highest BCUT2D eigenvalue weighted by atomic mass is 127. The van der Waals surface area contributed by atoms with Crippen LogP contribution in [0.25, 0.3) is 11.5 Å². The fourth-order valence-corrected chi connectivity index (χ4v) is 5.02. The lowest BCUT2D eigenvalue weighted by Gasteiger charge is -2.26. The van der Waals surface area contributed by atoms with Gasteiger partial charge < -0.3 is 9.32 Å². The van der Waals surface area contributed by atoms with Crippen LogP contribution < -0.4 is 4.90 Å². The van der Waals surface area contributed by atoms with Crippen molar-refractivity contribution in [1.29, 1.82) is 0 Å². The highest BCUT2D eigenvalue weighted by Gasteiger charge is 2.32. The Labute approximate surface area is 182 Å². The molecule has 0 atom stereocenters. The maximum absolute atomic E-state index is 13.3. The molecule has 146 valence electrons. The molecule has 4 rings (SSSR count). The molecule has 0 radical (unpaired) electrons. The number of hydrogen-bond donors (Lipinski definition) is 0. The molecule has 2 heterocycles. The molecule has 0 spiro atoms. The Bertz CT molecular complexity index is 1070. The van der Waals surface area contributed by atoms with Gasteiger partial charge in [0.1, 0.15) is 0 Å². The van der Waals surface area contributed by atoms with Gasteiger partial charge in [0.2, 0.25) is 26.6 Å². The van der Waals surface area contributed by atoms with Crippen molar-refractivity contribution in [3.05, 3.63) is 57.1 Å². The van der Waals surface area contributed by atoms with Crippen molar-refractivity contribution in [3.8, 4) is 11.5 Å². The van der Waals surface area contributed by atoms with Crippen LogP contribution >= 0.6 is 34.2 Å². The number of piperidine rings is 1. The molecule has 8 heteroatoms. The van der Waals surface area contributed by atoms with Crippen LogP contribution in [-0.2, 0) is 9.84 Å². The lowest BCUT2D eigenvalue weighted by atomic mass is 10.1. The maximum Gasteiger partial charge on any atom is 0.236 e. The highest BCUT2D eigenvalue weighted by Crippen LogP contribution is 2.36. The van der Waals surface area contributed by atoms with Crippen LogP contribution in [0.15, 0.2) is 62.9 Å². The molecule has 1 saturated heterocycles. The SMILES string of the molecule is O=S(=O)(c1ccc(Cl)cc1)c1nc(-c2ccc(I)cc2)oc1N1CCCCC1. The molecule has 0 saturated carbocycles. The molecule has 28 heavy (non-hydrogen) atoms. The lowest BCUT2D eigenvalue weighted by molar-refractivity contribution is 0.499. The summed E-state index contributed by atoms with van der Waals surface area (Å²) in [6, 6.07) is 13.8. The minimum atomic E-state index is -3.84. The molecule has 0 unspecified atom stereocenters. The third kappa shape index (κ3) is 3.92. The van der Waals surface area contributed by atoms with E-state index in [1.54, 1.807) is 12.1 Å². The van der Waals surface area contributed by atoms with Crippen LogP contribution in [0, 0.1) is 3.57 Å². The van der Waals surface area contributed by atoms with E-state index in [4.69, 9.17) is 16.0 Å².